The van der Waals surface area contributed by atoms with E-state index in [1.165, 1.54) is 0 Å². The molecule has 0 radical (unpaired) electrons. The number of carbonyl (C=O) groups excluding carboxylic acids is 1. The van der Waals surface area contributed by atoms with Crippen LogP contribution < -0.4 is 15.4 Å². The molecule has 0 aliphatic heterocycles. The summed E-state index contributed by atoms with van der Waals surface area (Å²) in [5.41, 5.74) is 0.718. The van der Waals surface area contributed by atoms with Crippen LogP contribution in [0.2, 0.25) is 0 Å². The number of nitrogens with zero attached hydrogens (tertiary/aromatic N) is 1. The summed E-state index contributed by atoms with van der Waals surface area (Å²) >= 11 is 0. The number of hydrogen-bond acceptors (Lipinski definition) is 4. The quantitative estimate of drug-likeness (QED) is 0.815. The zero-order valence-corrected chi connectivity index (χ0v) is 10.8. The first-order valence-electron chi connectivity index (χ1n) is 6.31. The molecule has 0 aromatic heterocycles. The van der Waals surface area contributed by atoms with E-state index < -0.39 is 6.04 Å². The van der Waals surface area contributed by atoms with Crippen LogP contribution in [0, 0.1) is 11.3 Å². The number of ether oxygens (including phenoxy) is 1. The lowest BCUT2D eigenvalue weighted by molar-refractivity contribution is -0.121. The Labute approximate surface area is 112 Å². The highest BCUT2D eigenvalue weighted by Crippen LogP contribution is 2.24. The molecule has 0 heterocycles. The average Bonchev–Trinajstić information content (AvgIpc) is 3.22. The van der Waals surface area contributed by atoms with Crippen LogP contribution in [0.4, 0.5) is 5.69 Å². The maximum Gasteiger partial charge on any atom is 0.223 e. The minimum Gasteiger partial charge on any atom is -0.495 e. The SMILES string of the molecule is COc1ccccc1NC(C#N)CC(=O)NC1CC1. The fourth-order valence-electron chi connectivity index (χ4n) is 1.78. The number of methoxy groups -OCH3 is 1. The van der Waals surface area contributed by atoms with Gasteiger partial charge in [-0.1, -0.05) is 12.1 Å². The smallest absolute Gasteiger partial charge is 0.223 e. The largest absolute Gasteiger partial charge is 0.495 e. The molecule has 2 rings (SSSR count). The molecule has 0 saturated heterocycles. The Bertz CT molecular complexity index is 492. The van der Waals surface area contributed by atoms with Crippen LogP contribution in [0.25, 0.3) is 0 Å². The van der Waals surface area contributed by atoms with Gasteiger partial charge in [0.05, 0.1) is 25.3 Å². The minimum atomic E-state index is -0.560. The van der Waals surface area contributed by atoms with E-state index in [9.17, 15) is 4.79 Å². The van der Waals surface area contributed by atoms with E-state index in [0.29, 0.717) is 11.8 Å². The van der Waals surface area contributed by atoms with E-state index in [-0.39, 0.29) is 12.3 Å². The second-order valence-electron chi connectivity index (χ2n) is 4.57. The third-order valence-electron chi connectivity index (χ3n) is 2.92. The summed E-state index contributed by atoms with van der Waals surface area (Å²) in [5.74, 6) is 0.571. The third kappa shape index (κ3) is 3.88. The summed E-state index contributed by atoms with van der Waals surface area (Å²) in [7, 11) is 1.57. The summed E-state index contributed by atoms with van der Waals surface area (Å²) in [6, 6.07) is 9.19. The number of hydrogen-bond donors (Lipinski definition) is 2. The van der Waals surface area contributed by atoms with Crippen molar-refractivity contribution >= 4 is 11.6 Å². The normalized spacial score (nSPS) is 15.2. The third-order valence-corrected chi connectivity index (χ3v) is 2.92. The van der Waals surface area contributed by atoms with E-state index >= 15 is 0 Å². The summed E-state index contributed by atoms with van der Waals surface area (Å²) in [4.78, 5) is 11.7. The lowest BCUT2D eigenvalue weighted by Gasteiger charge is -2.15. The molecule has 1 atom stereocenters. The van der Waals surface area contributed by atoms with Gasteiger partial charge >= 0.3 is 0 Å². The fourth-order valence-corrected chi connectivity index (χ4v) is 1.78. The predicted octanol–water partition coefficient (Wildman–Crippen LogP) is 1.67. The van der Waals surface area contributed by atoms with Crippen molar-refractivity contribution in [2.75, 3.05) is 12.4 Å². The molecule has 1 aliphatic carbocycles. The van der Waals surface area contributed by atoms with Crippen LogP contribution in [0.5, 0.6) is 5.75 Å². The summed E-state index contributed by atoms with van der Waals surface area (Å²) < 4.78 is 5.20. The number of nitriles is 1. The van der Waals surface area contributed by atoms with Gasteiger partial charge in [-0.3, -0.25) is 4.79 Å². The second kappa shape index (κ2) is 6.10. The van der Waals surface area contributed by atoms with E-state index in [4.69, 9.17) is 10.00 Å². The average molecular weight is 259 g/mol. The summed E-state index contributed by atoms with van der Waals surface area (Å²) in [5, 5.41) is 15.0. The molecular formula is C14H17N3O2. The molecule has 2 N–H and O–H groups in total. The van der Waals surface area contributed by atoms with Crippen molar-refractivity contribution in [2.24, 2.45) is 0 Å². The molecule has 19 heavy (non-hydrogen) atoms. The molecule has 1 saturated carbocycles. The molecule has 1 aromatic carbocycles. The van der Waals surface area contributed by atoms with Crippen molar-refractivity contribution in [3.05, 3.63) is 24.3 Å². The van der Waals surface area contributed by atoms with E-state index in [2.05, 4.69) is 16.7 Å². The van der Waals surface area contributed by atoms with Crippen molar-refractivity contribution in [3.8, 4) is 11.8 Å². The fraction of sp³-hybridized carbons (Fsp3) is 0.429. The number of anilines is 1. The highest BCUT2D eigenvalue weighted by Gasteiger charge is 2.24. The van der Waals surface area contributed by atoms with Gasteiger partial charge in [-0.05, 0) is 25.0 Å². The van der Waals surface area contributed by atoms with Crippen molar-refractivity contribution in [1.82, 2.24) is 5.32 Å². The molecule has 0 bridgehead atoms. The van der Waals surface area contributed by atoms with Crippen molar-refractivity contribution in [3.63, 3.8) is 0 Å². The predicted molar refractivity (Wildman–Crippen MR) is 71.8 cm³/mol. The number of rotatable bonds is 6. The van der Waals surface area contributed by atoms with E-state index in [0.717, 1.165) is 18.5 Å². The van der Waals surface area contributed by atoms with Crippen LogP contribution >= 0.6 is 0 Å². The molecule has 1 unspecified atom stereocenters. The Kier molecular flexibility index (Phi) is 4.24. The highest BCUT2D eigenvalue weighted by atomic mass is 16.5. The van der Waals surface area contributed by atoms with Crippen molar-refractivity contribution in [1.29, 1.82) is 5.26 Å². The molecular weight excluding hydrogens is 242 g/mol. The Hall–Kier alpha value is -2.22. The molecule has 1 fully saturated rings. The zero-order valence-electron chi connectivity index (χ0n) is 10.8. The maximum absolute atomic E-state index is 11.7. The van der Waals surface area contributed by atoms with Gasteiger partial charge in [0.15, 0.2) is 0 Å². The Morgan fingerprint density at radius 1 is 1.53 bits per heavy atom. The minimum absolute atomic E-state index is 0.0866. The van der Waals surface area contributed by atoms with E-state index in [1.54, 1.807) is 13.2 Å². The van der Waals surface area contributed by atoms with Gasteiger partial charge < -0.3 is 15.4 Å². The number of benzene rings is 1. The van der Waals surface area contributed by atoms with Crippen LogP contribution in [0.1, 0.15) is 19.3 Å². The zero-order chi connectivity index (χ0) is 13.7. The van der Waals surface area contributed by atoms with Crippen molar-refractivity contribution < 1.29 is 9.53 Å². The first-order chi connectivity index (χ1) is 9.22. The van der Waals surface area contributed by atoms with Gasteiger partial charge in [0.1, 0.15) is 11.8 Å². The molecule has 1 aliphatic rings. The van der Waals surface area contributed by atoms with Crippen molar-refractivity contribution in [2.45, 2.75) is 31.3 Å². The van der Waals surface area contributed by atoms with E-state index in [1.807, 2.05) is 18.2 Å². The van der Waals surface area contributed by atoms with Crippen LogP contribution in [0.3, 0.4) is 0 Å². The number of carbonyl (C=O) groups is 1. The Morgan fingerprint density at radius 3 is 2.89 bits per heavy atom. The van der Waals surface area contributed by atoms with Gasteiger partial charge in [-0.25, -0.2) is 0 Å². The van der Waals surface area contributed by atoms with Gasteiger partial charge in [0.25, 0.3) is 0 Å². The second-order valence-corrected chi connectivity index (χ2v) is 4.57. The molecule has 1 aromatic rings. The first kappa shape index (κ1) is 13.2. The summed E-state index contributed by atoms with van der Waals surface area (Å²) in [6.07, 6.45) is 2.23. The number of amides is 1. The van der Waals surface area contributed by atoms with Crippen LogP contribution in [-0.2, 0) is 4.79 Å². The molecule has 5 nitrogen and oxygen atoms in total. The Balaban J connectivity index is 1.94. The van der Waals surface area contributed by atoms with Gasteiger partial charge in [0, 0.05) is 6.04 Å². The highest BCUT2D eigenvalue weighted by molar-refractivity contribution is 5.78. The lowest BCUT2D eigenvalue weighted by atomic mass is 10.2. The monoisotopic (exact) mass is 259 g/mol. The van der Waals surface area contributed by atoms with Gasteiger partial charge in [-0.15, -0.1) is 0 Å². The molecule has 100 valence electrons. The van der Waals surface area contributed by atoms with Crippen LogP contribution in [0.15, 0.2) is 24.3 Å². The lowest BCUT2D eigenvalue weighted by Crippen LogP contribution is -2.31. The van der Waals surface area contributed by atoms with Gasteiger partial charge in [0.2, 0.25) is 5.91 Å². The molecule has 0 spiro atoms. The topological polar surface area (TPSA) is 74.1 Å². The first-order valence-corrected chi connectivity index (χ1v) is 6.31. The molecule has 1 amide bonds. The maximum atomic E-state index is 11.7. The number of para-hydroxylation sites is 2. The molecule has 5 heteroatoms. The summed E-state index contributed by atoms with van der Waals surface area (Å²) in [6.45, 7) is 0. The standard InChI is InChI=1S/C14H17N3O2/c1-19-13-5-3-2-4-12(13)16-11(9-15)8-14(18)17-10-6-7-10/h2-5,10-11,16H,6-8H2,1H3,(H,17,18). The van der Waals surface area contributed by atoms with Crippen LogP contribution in [-0.4, -0.2) is 25.1 Å². The Morgan fingerprint density at radius 2 is 2.26 bits per heavy atom. The van der Waals surface area contributed by atoms with Gasteiger partial charge in [-0.2, -0.15) is 5.26 Å². The number of nitrogens with one attached hydrogen (secondary N) is 2.